The molecule has 11 heavy (non-hydrogen) atoms. The van der Waals surface area contributed by atoms with Gasteiger partial charge in [-0.1, -0.05) is 5.57 Å². The molecule has 0 radical (unpaired) electrons. The van der Waals surface area contributed by atoms with Crippen LogP contribution in [0.3, 0.4) is 0 Å². The molecule has 0 bridgehead atoms. The summed E-state index contributed by atoms with van der Waals surface area (Å²) in [6.07, 6.45) is 2.61. The van der Waals surface area contributed by atoms with E-state index in [0.29, 0.717) is 12.8 Å². The third-order valence-electron chi connectivity index (χ3n) is 1.24. The molecule has 0 aromatic rings. The van der Waals surface area contributed by atoms with E-state index in [0.717, 1.165) is 5.57 Å². The van der Waals surface area contributed by atoms with E-state index in [4.69, 9.17) is 11.0 Å². The first kappa shape index (κ1) is 9.86. The molecule has 0 fully saturated rings. The van der Waals surface area contributed by atoms with Gasteiger partial charge in [0.15, 0.2) is 5.78 Å². The minimum Gasteiger partial charge on any atom is -0.324 e. The van der Waals surface area contributed by atoms with Crippen molar-refractivity contribution < 1.29 is 4.79 Å². The van der Waals surface area contributed by atoms with Crippen LogP contribution in [-0.2, 0) is 4.79 Å². The van der Waals surface area contributed by atoms with Crippen molar-refractivity contribution in [1.82, 2.24) is 0 Å². The topological polar surface area (TPSA) is 66.9 Å². The molecule has 0 aromatic heterocycles. The Kier molecular flexibility index (Phi) is 5.05. The fraction of sp³-hybridized carbons (Fsp3) is 0.500. The molecule has 0 aromatic carbocycles. The number of nitriles is 1. The number of ketones is 1. The van der Waals surface area contributed by atoms with Crippen molar-refractivity contribution in [3.8, 4) is 6.07 Å². The molecule has 0 spiro atoms. The summed E-state index contributed by atoms with van der Waals surface area (Å²) in [5.41, 5.74) is 6.01. The van der Waals surface area contributed by atoms with Gasteiger partial charge in [0.25, 0.3) is 0 Å². The first-order valence-electron chi connectivity index (χ1n) is 3.47. The van der Waals surface area contributed by atoms with Gasteiger partial charge in [-0.15, -0.1) is 0 Å². The van der Waals surface area contributed by atoms with Gasteiger partial charge < -0.3 is 5.73 Å². The number of hydrogen-bond acceptors (Lipinski definition) is 3. The second-order valence-corrected chi connectivity index (χ2v) is 2.32. The molecular weight excluding hydrogens is 140 g/mol. The Morgan fingerprint density at radius 3 is 2.82 bits per heavy atom. The summed E-state index contributed by atoms with van der Waals surface area (Å²) in [6.45, 7) is 1.87. The zero-order chi connectivity index (χ0) is 8.69. The van der Waals surface area contributed by atoms with Crippen molar-refractivity contribution in [3.63, 3.8) is 0 Å². The van der Waals surface area contributed by atoms with E-state index >= 15 is 0 Å². The number of rotatable bonds is 4. The van der Waals surface area contributed by atoms with Gasteiger partial charge in [-0.05, 0) is 19.4 Å². The molecule has 0 saturated carbocycles. The standard InChI is InChI=1S/C8H12N2O/c1-7(3-2-4-9)5-8(11)6-10/h5H,2-3,6,10H2,1H3. The highest BCUT2D eigenvalue weighted by molar-refractivity contribution is 5.91. The van der Waals surface area contributed by atoms with Crippen LogP contribution < -0.4 is 5.73 Å². The van der Waals surface area contributed by atoms with Crippen LogP contribution in [0.5, 0.6) is 0 Å². The van der Waals surface area contributed by atoms with Gasteiger partial charge in [-0.25, -0.2) is 0 Å². The van der Waals surface area contributed by atoms with Crippen molar-refractivity contribution in [3.05, 3.63) is 11.6 Å². The zero-order valence-electron chi connectivity index (χ0n) is 6.63. The lowest BCUT2D eigenvalue weighted by atomic mass is 10.1. The lowest BCUT2D eigenvalue weighted by molar-refractivity contribution is -0.113. The number of nitrogens with zero attached hydrogens (tertiary/aromatic N) is 1. The lowest BCUT2D eigenvalue weighted by Gasteiger charge is -1.93. The second-order valence-electron chi connectivity index (χ2n) is 2.32. The van der Waals surface area contributed by atoms with Crippen LogP contribution in [0.15, 0.2) is 11.6 Å². The second kappa shape index (κ2) is 5.63. The monoisotopic (exact) mass is 152 g/mol. The molecule has 0 aliphatic carbocycles. The molecule has 3 nitrogen and oxygen atoms in total. The quantitative estimate of drug-likeness (QED) is 0.605. The number of allylic oxidation sites excluding steroid dienone is 1. The zero-order valence-corrected chi connectivity index (χ0v) is 6.63. The Bertz CT molecular complexity index is 201. The highest BCUT2D eigenvalue weighted by Gasteiger charge is 1.94. The maximum Gasteiger partial charge on any atom is 0.169 e. The Hall–Kier alpha value is -1.14. The Labute approximate surface area is 66.5 Å². The molecule has 0 amide bonds. The van der Waals surface area contributed by atoms with Crippen LogP contribution in [0, 0.1) is 11.3 Å². The van der Waals surface area contributed by atoms with E-state index < -0.39 is 0 Å². The molecule has 0 unspecified atom stereocenters. The minimum atomic E-state index is -0.0829. The molecule has 0 heterocycles. The summed E-state index contributed by atoms with van der Waals surface area (Å²) in [7, 11) is 0. The van der Waals surface area contributed by atoms with Gasteiger partial charge in [-0.2, -0.15) is 5.26 Å². The van der Waals surface area contributed by atoms with Crippen LogP contribution in [-0.4, -0.2) is 12.3 Å². The van der Waals surface area contributed by atoms with Crippen molar-refractivity contribution >= 4 is 5.78 Å². The number of carbonyl (C=O) groups is 1. The van der Waals surface area contributed by atoms with Gasteiger partial charge in [-0.3, -0.25) is 4.79 Å². The summed E-state index contributed by atoms with van der Waals surface area (Å²) < 4.78 is 0. The smallest absolute Gasteiger partial charge is 0.169 e. The molecule has 3 heteroatoms. The van der Waals surface area contributed by atoms with Gasteiger partial charge in [0.1, 0.15) is 0 Å². The van der Waals surface area contributed by atoms with E-state index in [9.17, 15) is 4.79 Å². The fourth-order valence-electron chi connectivity index (χ4n) is 0.659. The van der Waals surface area contributed by atoms with Crippen molar-refractivity contribution in [2.75, 3.05) is 6.54 Å². The van der Waals surface area contributed by atoms with E-state index in [2.05, 4.69) is 0 Å². The molecule has 0 saturated heterocycles. The van der Waals surface area contributed by atoms with Gasteiger partial charge in [0.05, 0.1) is 12.6 Å². The molecular formula is C8H12N2O. The number of nitrogens with two attached hydrogens (primary N) is 1. The molecule has 0 aliphatic rings. The summed E-state index contributed by atoms with van der Waals surface area (Å²) in [5, 5.41) is 8.22. The highest BCUT2D eigenvalue weighted by Crippen LogP contribution is 2.01. The van der Waals surface area contributed by atoms with Crippen LogP contribution in [0.1, 0.15) is 19.8 Å². The summed E-state index contributed by atoms with van der Waals surface area (Å²) in [4.78, 5) is 10.7. The van der Waals surface area contributed by atoms with E-state index in [1.165, 1.54) is 6.08 Å². The average Bonchev–Trinajstić information content (AvgIpc) is 2.00. The summed E-state index contributed by atoms with van der Waals surface area (Å²) in [6, 6.07) is 2.01. The Morgan fingerprint density at radius 1 is 1.73 bits per heavy atom. The minimum absolute atomic E-state index is 0.0455. The van der Waals surface area contributed by atoms with Crippen LogP contribution in [0.25, 0.3) is 0 Å². The van der Waals surface area contributed by atoms with Gasteiger partial charge in [0, 0.05) is 6.42 Å². The fourth-order valence-corrected chi connectivity index (χ4v) is 0.659. The Balaban J connectivity index is 3.82. The molecule has 0 atom stereocenters. The van der Waals surface area contributed by atoms with E-state index in [1.807, 2.05) is 13.0 Å². The number of hydrogen-bond donors (Lipinski definition) is 1. The average molecular weight is 152 g/mol. The number of carbonyl (C=O) groups excluding carboxylic acids is 1. The van der Waals surface area contributed by atoms with Crippen LogP contribution >= 0.6 is 0 Å². The van der Waals surface area contributed by atoms with Crippen molar-refractivity contribution in [2.24, 2.45) is 5.73 Å². The van der Waals surface area contributed by atoms with Crippen molar-refractivity contribution in [2.45, 2.75) is 19.8 Å². The van der Waals surface area contributed by atoms with E-state index in [1.54, 1.807) is 0 Å². The SMILES string of the molecule is CC(=CC(=O)CN)CCC#N. The van der Waals surface area contributed by atoms with Crippen molar-refractivity contribution in [1.29, 1.82) is 5.26 Å². The summed E-state index contributed by atoms with van der Waals surface area (Å²) >= 11 is 0. The lowest BCUT2D eigenvalue weighted by Crippen LogP contribution is -2.10. The first-order valence-corrected chi connectivity index (χ1v) is 3.47. The first-order chi connectivity index (χ1) is 5.20. The maximum absolute atomic E-state index is 10.7. The molecule has 0 aliphatic heterocycles. The predicted octanol–water partition coefficient (Wildman–Crippen LogP) is 0.764. The van der Waals surface area contributed by atoms with Gasteiger partial charge >= 0.3 is 0 Å². The third kappa shape index (κ3) is 5.31. The highest BCUT2D eigenvalue weighted by atomic mass is 16.1. The van der Waals surface area contributed by atoms with Crippen LogP contribution in [0.4, 0.5) is 0 Å². The molecule has 0 rings (SSSR count). The summed E-state index contributed by atoms with van der Waals surface area (Å²) in [5.74, 6) is -0.0829. The predicted molar refractivity (Wildman–Crippen MR) is 42.7 cm³/mol. The molecule has 2 N–H and O–H groups in total. The largest absolute Gasteiger partial charge is 0.324 e. The maximum atomic E-state index is 10.7. The molecule has 60 valence electrons. The van der Waals surface area contributed by atoms with Gasteiger partial charge in [0.2, 0.25) is 0 Å². The third-order valence-corrected chi connectivity index (χ3v) is 1.24. The van der Waals surface area contributed by atoms with Crippen LogP contribution in [0.2, 0.25) is 0 Å². The Morgan fingerprint density at radius 2 is 2.36 bits per heavy atom. The normalized spacial score (nSPS) is 10.8. The van der Waals surface area contributed by atoms with E-state index in [-0.39, 0.29) is 12.3 Å².